The van der Waals surface area contributed by atoms with Crippen molar-refractivity contribution in [3.05, 3.63) is 48.6 Å². The lowest BCUT2D eigenvalue weighted by Crippen LogP contribution is -2.61. The molecule has 6 N–H and O–H groups in total. The highest BCUT2D eigenvalue weighted by Crippen LogP contribution is 2.26. The summed E-state index contributed by atoms with van der Waals surface area (Å²) in [5.41, 5.74) is 0. The van der Waals surface area contributed by atoms with Gasteiger partial charge in [0.15, 0.2) is 12.4 Å². The summed E-state index contributed by atoms with van der Waals surface area (Å²) in [5.74, 6) is -1.18. The van der Waals surface area contributed by atoms with Gasteiger partial charge in [0.2, 0.25) is 5.91 Å². The number of allylic oxidation sites excluding steroid dienone is 7. The molecule has 1 rings (SSSR count). The van der Waals surface area contributed by atoms with E-state index >= 15 is 0 Å². The zero-order chi connectivity index (χ0) is 61.7. The largest absolute Gasteiger partial charge is 0.454 e. The van der Waals surface area contributed by atoms with Crippen LogP contribution in [0.25, 0.3) is 0 Å². The molecule has 1 aliphatic heterocycles. The number of aliphatic hydroxyl groups is 5. The van der Waals surface area contributed by atoms with E-state index in [9.17, 15) is 35.1 Å². The number of hydrogen-bond donors (Lipinski definition) is 6. The van der Waals surface area contributed by atoms with Crippen LogP contribution in [-0.4, -0.2) is 99.6 Å². The van der Waals surface area contributed by atoms with E-state index < -0.39 is 67.4 Å². The number of aliphatic hydroxyl groups excluding tert-OH is 5. The summed E-state index contributed by atoms with van der Waals surface area (Å²) in [6.07, 6.45) is 67.3. The molecule has 0 aromatic heterocycles. The molecular formula is C74H137NO10. The number of ether oxygens (including phenoxy) is 3. The molecule has 0 spiro atoms. The number of amides is 1. The first-order valence-electron chi connectivity index (χ1n) is 36.4. The van der Waals surface area contributed by atoms with E-state index in [1.165, 1.54) is 231 Å². The fraction of sp³-hybridized carbons (Fsp3) is 0.865. The average molecular weight is 1200 g/mol. The Hall–Kier alpha value is -2.38. The van der Waals surface area contributed by atoms with Crippen LogP contribution < -0.4 is 5.32 Å². The van der Waals surface area contributed by atoms with E-state index in [0.717, 1.165) is 70.6 Å². The van der Waals surface area contributed by atoms with Gasteiger partial charge < -0.3 is 45.1 Å². The fourth-order valence-electron chi connectivity index (χ4n) is 11.5. The Morgan fingerprint density at radius 1 is 0.459 bits per heavy atom. The van der Waals surface area contributed by atoms with Gasteiger partial charge in [-0.05, 0) is 64.2 Å². The van der Waals surface area contributed by atoms with E-state index in [0.29, 0.717) is 19.3 Å². The predicted octanol–water partition coefficient (Wildman–Crippen LogP) is 18.7. The molecule has 85 heavy (non-hydrogen) atoms. The quantitative estimate of drug-likeness (QED) is 0.0195. The van der Waals surface area contributed by atoms with Gasteiger partial charge in [0, 0.05) is 6.42 Å². The zero-order valence-electron chi connectivity index (χ0n) is 55.5. The van der Waals surface area contributed by atoms with Crippen LogP contribution in [0.3, 0.4) is 0 Å². The Bertz CT molecular complexity index is 1570. The minimum Gasteiger partial charge on any atom is -0.454 e. The van der Waals surface area contributed by atoms with Gasteiger partial charge in [-0.1, -0.05) is 326 Å². The summed E-state index contributed by atoms with van der Waals surface area (Å²) >= 11 is 0. The molecular weight excluding hydrogens is 1060 g/mol. The van der Waals surface area contributed by atoms with Crippen LogP contribution in [-0.2, 0) is 23.8 Å². The number of hydrogen-bond acceptors (Lipinski definition) is 10. The molecule has 0 radical (unpaired) electrons. The van der Waals surface area contributed by atoms with Gasteiger partial charge in [0.25, 0.3) is 0 Å². The third-order valence-electron chi connectivity index (χ3n) is 17.2. The molecule has 0 aromatic carbocycles. The highest BCUT2D eigenvalue weighted by atomic mass is 16.7. The third kappa shape index (κ3) is 49.1. The molecule has 0 aliphatic carbocycles. The number of rotatable bonds is 63. The molecule has 8 unspecified atom stereocenters. The normalized spacial score (nSPS) is 18.6. The summed E-state index contributed by atoms with van der Waals surface area (Å²) in [4.78, 5) is 26.7. The molecule has 11 heteroatoms. The van der Waals surface area contributed by atoms with Crippen molar-refractivity contribution in [3.8, 4) is 0 Å². The van der Waals surface area contributed by atoms with Gasteiger partial charge in [-0.3, -0.25) is 9.59 Å². The summed E-state index contributed by atoms with van der Waals surface area (Å²) in [6.45, 7) is 5.81. The molecule has 0 bridgehead atoms. The lowest BCUT2D eigenvalue weighted by molar-refractivity contribution is -0.305. The molecule has 0 aromatic rings. The van der Waals surface area contributed by atoms with Gasteiger partial charge in [-0.25, -0.2) is 0 Å². The van der Waals surface area contributed by atoms with Crippen LogP contribution in [0.4, 0.5) is 0 Å². The first-order valence-corrected chi connectivity index (χ1v) is 36.4. The number of carbonyl (C=O) groups is 2. The van der Waals surface area contributed by atoms with Crippen molar-refractivity contribution in [1.29, 1.82) is 0 Å². The second-order valence-corrected chi connectivity index (χ2v) is 25.3. The van der Waals surface area contributed by atoms with Crippen molar-refractivity contribution in [2.45, 2.75) is 397 Å². The lowest BCUT2D eigenvalue weighted by atomic mass is 9.99. The van der Waals surface area contributed by atoms with E-state index in [-0.39, 0.29) is 13.0 Å². The van der Waals surface area contributed by atoms with Crippen LogP contribution in [0.15, 0.2) is 48.6 Å². The van der Waals surface area contributed by atoms with Crippen LogP contribution >= 0.6 is 0 Å². The van der Waals surface area contributed by atoms with Gasteiger partial charge in [0.1, 0.15) is 24.4 Å². The Morgan fingerprint density at radius 3 is 1.24 bits per heavy atom. The molecule has 1 amide bonds. The molecule has 498 valence electrons. The summed E-state index contributed by atoms with van der Waals surface area (Å²) in [6, 6.07) is -1.02. The van der Waals surface area contributed by atoms with E-state index in [1.54, 1.807) is 6.08 Å². The van der Waals surface area contributed by atoms with Crippen LogP contribution in [0, 0.1) is 0 Å². The van der Waals surface area contributed by atoms with Crippen LogP contribution in [0.1, 0.15) is 348 Å². The van der Waals surface area contributed by atoms with Crippen molar-refractivity contribution in [1.82, 2.24) is 5.32 Å². The second-order valence-electron chi connectivity index (χ2n) is 25.3. The first kappa shape index (κ1) is 80.6. The van der Waals surface area contributed by atoms with Crippen LogP contribution in [0.2, 0.25) is 0 Å². The molecule has 8 atom stereocenters. The molecule has 0 saturated carbocycles. The van der Waals surface area contributed by atoms with Gasteiger partial charge in [-0.2, -0.15) is 0 Å². The van der Waals surface area contributed by atoms with Crippen LogP contribution in [0.5, 0.6) is 0 Å². The van der Waals surface area contributed by atoms with Crippen molar-refractivity contribution in [2.75, 3.05) is 13.2 Å². The summed E-state index contributed by atoms with van der Waals surface area (Å²) in [7, 11) is 0. The average Bonchev–Trinajstić information content (AvgIpc) is 2.90. The first-order chi connectivity index (χ1) is 41.7. The van der Waals surface area contributed by atoms with E-state index in [1.807, 2.05) is 6.08 Å². The standard InChI is InChI=1S/C74H137NO10/c1-4-7-10-13-16-19-22-24-26-28-30-32-33-34-35-36-38-40-42-44-47-50-53-56-59-62-69(79)85-72-71(81)70(80)68(63-76)84-74(72)83-64-65(66(77)60-57-54-51-48-45-21-18-15-12-9-6-3)75-73(82)67(78)61-58-55-52-49-46-43-41-39-37-31-29-27-25-23-20-17-14-11-8-5-2/h16,19,24,26,30,32,57,60,65-68,70-72,74,76-78,80-81H,4-15,17-18,20-23,25,27-29,31,33-56,58-59,61-64H2,1-3H3,(H,75,82)/b19-16-,26-24-,32-30-,60-57+. The van der Waals surface area contributed by atoms with Gasteiger partial charge in [-0.15, -0.1) is 0 Å². The Labute approximate surface area is 523 Å². The maximum absolute atomic E-state index is 13.5. The molecule has 1 fully saturated rings. The molecule has 1 saturated heterocycles. The van der Waals surface area contributed by atoms with Crippen molar-refractivity contribution < 1.29 is 49.3 Å². The van der Waals surface area contributed by atoms with Crippen molar-refractivity contribution in [2.24, 2.45) is 0 Å². The molecule has 11 nitrogen and oxygen atoms in total. The number of unbranched alkanes of at least 4 members (excludes halogenated alkanes) is 43. The van der Waals surface area contributed by atoms with Crippen molar-refractivity contribution >= 4 is 11.9 Å². The van der Waals surface area contributed by atoms with Gasteiger partial charge in [0.05, 0.1) is 25.4 Å². The highest BCUT2D eigenvalue weighted by molar-refractivity contribution is 5.80. The Balaban J connectivity index is 2.53. The van der Waals surface area contributed by atoms with E-state index in [4.69, 9.17) is 14.2 Å². The smallest absolute Gasteiger partial charge is 0.306 e. The maximum Gasteiger partial charge on any atom is 0.306 e. The predicted molar refractivity (Wildman–Crippen MR) is 357 cm³/mol. The van der Waals surface area contributed by atoms with E-state index in [2.05, 4.69) is 62.5 Å². The summed E-state index contributed by atoms with van der Waals surface area (Å²) in [5, 5.41) is 57.2. The topological polar surface area (TPSA) is 175 Å². The zero-order valence-corrected chi connectivity index (χ0v) is 55.5. The Kier molecular flexibility index (Phi) is 58.7. The van der Waals surface area contributed by atoms with Gasteiger partial charge >= 0.3 is 5.97 Å². The molecule has 1 heterocycles. The fourth-order valence-corrected chi connectivity index (χ4v) is 11.5. The van der Waals surface area contributed by atoms with Crippen molar-refractivity contribution in [3.63, 3.8) is 0 Å². The second kappa shape index (κ2) is 61.8. The summed E-state index contributed by atoms with van der Waals surface area (Å²) < 4.78 is 17.7. The minimum absolute atomic E-state index is 0.123. The highest BCUT2D eigenvalue weighted by Gasteiger charge is 2.47. The monoisotopic (exact) mass is 1200 g/mol. The minimum atomic E-state index is -1.61. The number of esters is 1. The number of carbonyl (C=O) groups excluding carboxylic acids is 2. The molecule has 1 aliphatic rings. The third-order valence-corrected chi connectivity index (χ3v) is 17.2. The lowest BCUT2D eigenvalue weighted by Gasteiger charge is -2.41. The SMILES string of the molecule is CCCCC/C=C\C/C=C\C/C=C\CCCCCCCCCCCCCCC(=O)OC1C(OCC(NC(=O)C(O)CCCCCCCCCCCCCCCCCCCCCC)C(O)/C=C/CCCCCCCCCCC)OC(CO)C(O)C1O. The Morgan fingerprint density at radius 2 is 0.812 bits per heavy atom. The number of nitrogens with one attached hydrogen (secondary N) is 1. The maximum atomic E-state index is 13.5.